The molecule has 0 radical (unpaired) electrons. The quantitative estimate of drug-likeness (QED) is 0.833. The lowest BCUT2D eigenvalue weighted by Crippen LogP contribution is -2.40. The molecule has 2 heterocycles. The molecule has 0 bridgehead atoms. The third-order valence-corrected chi connectivity index (χ3v) is 5.18. The van der Waals surface area contributed by atoms with Crippen LogP contribution < -0.4 is 4.90 Å². The zero-order valence-corrected chi connectivity index (χ0v) is 14.8. The number of benzene rings is 1. The fourth-order valence-corrected chi connectivity index (χ4v) is 3.84. The van der Waals surface area contributed by atoms with Crippen molar-refractivity contribution in [1.82, 2.24) is 10.2 Å². The maximum absolute atomic E-state index is 14.0. The van der Waals surface area contributed by atoms with Gasteiger partial charge in [0, 0.05) is 23.1 Å². The molecule has 0 saturated carbocycles. The number of hydrogen-bond acceptors (Lipinski definition) is 6. The predicted molar refractivity (Wildman–Crippen MR) is 91.3 cm³/mol. The van der Waals surface area contributed by atoms with Crippen molar-refractivity contribution in [3.05, 3.63) is 28.5 Å². The number of aliphatic hydroxyl groups is 1. The van der Waals surface area contributed by atoms with Crippen LogP contribution in [0.5, 0.6) is 0 Å². The van der Waals surface area contributed by atoms with Crippen molar-refractivity contribution in [2.24, 2.45) is 0 Å². The minimum Gasteiger partial charge on any atom is -0.394 e. The van der Waals surface area contributed by atoms with Crippen molar-refractivity contribution in [3.8, 4) is 10.6 Å². The van der Waals surface area contributed by atoms with Crippen molar-refractivity contribution < 1.29 is 14.2 Å². The Balaban J connectivity index is 1.75. The zero-order valence-electron chi connectivity index (χ0n) is 12.4. The fraction of sp³-hybridized carbons (Fsp3) is 0.467. The SMILES string of the molecule is OCCOC1CCCN(c2nnc(-c3cc(Br)ccc3F)s2)C1. The number of aliphatic hydroxyl groups excluding tert-OH is 1. The molecular weight excluding hydrogens is 385 g/mol. The second-order valence-corrected chi connectivity index (χ2v) is 7.19. The van der Waals surface area contributed by atoms with Gasteiger partial charge in [0.2, 0.25) is 5.13 Å². The summed E-state index contributed by atoms with van der Waals surface area (Å²) in [4.78, 5) is 2.11. The highest BCUT2D eigenvalue weighted by Crippen LogP contribution is 2.33. The number of aromatic nitrogens is 2. The molecule has 0 amide bonds. The lowest BCUT2D eigenvalue weighted by molar-refractivity contribution is 0.0214. The molecule has 124 valence electrons. The van der Waals surface area contributed by atoms with E-state index in [4.69, 9.17) is 9.84 Å². The largest absolute Gasteiger partial charge is 0.394 e. The van der Waals surface area contributed by atoms with Gasteiger partial charge in [0.05, 0.1) is 19.3 Å². The fourth-order valence-electron chi connectivity index (χ4n) is 2.58. The maximum Gasteiger partial charge on any atom is 0.208 e. The molecule has 1 aliphatic rings. The highest BCUT2D eigenvalue weighted by atomic mass is 79.9. The minimum absolute atomic E-state index is 0.0294. The molecule has 1 atom stereocenters. The Labute approximate surface area is 146 Å². The summed E-state index contributed by atoms with van der Waals surface area (Å²) >= 11 is 4.73. The van der Waals surface area contributed by atoms with E-state index >= 15 is 0 Å². The number of piperidine rings is 1. The standard InChI is InChI=1S/C15H17BrFN3O2S/c16-10-3-4-13(17)12(8-10)14-18-19-15(23-14)20-5-1-2-11(9-20)22-7-6-21/h3-4,8,11,21H,1-2,5-7,9H2. The van der Waals surface area contributed by atoms with E-state index in [2.05, 4.69) is 31.0 Å². The highest BCUT2D eigenvalue weighted by molar-refractivity contribution is 9.10. The van der Waals surface area contributed by atoms with Gasteiger partial charge < -0.3 is 14.7 Å². The molecule has 3 rings (SSSR count). The molecule has 8 heteroatoms. The first-order chi connectivity index (χ1) is 11.2. The topological polar surface area (TPSA) is 58.5 Å². The Morgan fingerprint density at radius 1 is 1.43 bits per heavy atom. The molecule has 1 unspecified atom stereocenters. The monoisotopic (exact) mass is 401 g/mol. The molecule has 1 N–H and O–H groups in total. The Bertz CT molecular complexity index is 670. The van der Waals surface area contributed by atoms with E-state index in [0.717, 1.165) is 35.5 Å². The second-order valence-electron chi connectivity index (χ2n) is 5.32. The smallest absolute Gasteiger partial charge is 0.208 e. The van der Waals surface area contributed by atoms with Crippen molar-refractivity contribution in [3.63, 3.8) is 0 Å². The third-order valence-electron chi connectivity index (χ3n) is 3.67. The molecular formula is C15H17BrFN3O2S. The minimum atomic E-state index is -0.307. The van der Waals surface area contributed by atoms with E-state index in [1.54, 1.807) is 12.1 Å². The molecule has 0 aliphatic carbocycles. The van der Waals surface area contributed by atoms with E-state index in [1.807, 2.05) is 0 Å². The van der Waals surface area contributed by atoms with E-state index in [-0.39, 0.29) is 18.5 Å². The number of hydrogen-bond donors (Lipinski definition) is 1. The van der Waals surface area contributed by atoms with Gasteiger partial charge in [0.25, 0.3) is 0 Å². The first-order valence-corrected chi connectivity index (χ1v) is 9.04. The molecule has 1 aromatic carbocycles. The lowest BCUT2D eigenvalue weighted by atomic mass is 10.1. The summed E-state index contributed by atoms with van der Waals surface area (Å²) < 4.78 is 20.4. The summed E-state index contributed by atoms with van der Waals surface area (Å²) in [5.74, 6) is -0.307. The van der Waals surface area contributed by atoms with Crippen molar-refractivity contribution in [2.75, 3.05) is 31.2 Å². The molecule has 1 fully saturated rings. The zero-order chi connectivity index (χ0) is 16.2. The summed E-state index contributed by atoms with van der Waals surface area (Å²) in [5.41, 5.74) is 0.452. The van der Waals surface area contributed by atoms with Crippen LogP contribution in [0.3, 0.4) is 0 Å². The summed E-state index contributed by atoms with van der Waals surface area (Å²) in [7, 11) is 0. The summed E-state index contributed by atoms with van der Waals surface area (Å²) in [6.07, 6.45) is 2.06. The molecule has 2 aromatic rings. The van der Waals surface area contributed by atoms with E-state index < -0.39 is 0 Å². The average molecular weight is 402 g/mol. The van der Waals surface area contributed by atoms with Gasteiger partial charge in [-0.15, -0.1) is 10.2 Å². The maximum atomic E-state index is 14.0. The Hall–Kier alpha value is -1.09. The summed E-state index contributed by atoms with van der Waals surface area (Å²) in [5, 5.41) is 18.5. The van der Waals surface area contributed by atoms with Crippen LogP contribution in [0.25, 0.3) is 10.6 Å². The van der Waals surface area contributed by atoms with Crippen molar-refractivity contribution in [1.29, 1.82) is 0 Å². The first kappa shape index (κ1) is 16.8. The van der Waals surface area contributed by atoms with Crippen LogP contribution >= 0.6 is 27.3 Å². The molecule has 1 aliphatic heterocycles. The number of anilines is 1. The molecule has 23 heavy (non-hydrogen) atoms. The van der Waals surface area contributed by atoms with Crippen LogP contribution in [-0.4, -0.2) is 47.7 Å². The Kier molecular flexibility index (Phi) is 5.58. The van der Waals surface area contributed by atoms with Crippen LogP contribution in [0.1, 0.15) is 12.8 Å². The van der Waals surface area contributed by atoms with Crippen molar-refractivity contribution in [2.45, 2.75) is 18.9 Å². The van der Waals surface area contributed by atoms with Gasteiger partial charge in [0.15, 0.2) is 5.01 Å². The second kappa shape index (κ2) is 7.65. The average Bonchev–Trinajstić information content (AvgIpc) is 3.05. The lowest BCUT2D eigenvalue weighted by Gasteiger charge is -2.31. The molecule has 1 aromatic heterocycles. The van der Waals surface area contributed by atoms with E-state index in [1.165, 1.54) is 17.4 Å². The third kappa shape index (κ3) is 4.06. The van der Waals surface area contributed by atoms with Gasteiger partial charge in [0.1, 0.15) is 5.82 Å². The van der Waals surface area contributed by atoms with Gasteiger partial charge >= 0.3 is 0 Å². The Morgan fingerprint density at radius 3 is 3.13 bits per heavy atom. The Morgan fingerprint density at radius 2 is 2.30 bits per heavy atom. The number of halogens is 2. The van der Waals surface area contributed by atoms with Gasteiger partial charge in [-0.05, 0) is 31.0 Å². The van der Waals surface area contributed by atoms with Gasteiger partial charge in [-0.25, -0.2) is 4.39 Å². The van der Waals surface area contributed by atoms with Crippen LogP contribution in [0, 0.1) is 5.82 Å². The van der Waals surface area contributed by atoms with E-state index in [9.17, 15) is 4.39 Å². The number of ether oxygens (including phenoxy) is 1. The summed E-state index contributed by atoms with van der Waals surface area (Å²) in [6.45, 7) is 1.98. The summed E-state index contributed by atoms with van der Waals surface area (Å²) in [6, 6.07) is 4.79. The predicted octanol–water partition coefficient (Wildman–Crippen LogP) is 3.08. The number of nitrogens with zero attached hydrogens (tertiary/aromatic N) is 3. The van der Waals surface area contributed by atoms with Crippen LogP contribution in [0.2, 0.25) is 0 Å². The highest BCUT2D eigenvalue weighted by Gasteiger charge is 2.23. The van der Waals surface area contributed by atoms with Gasteiger partial charge in [-0.2, -0.15) is 0 Å². The number of rotatable bonds is 5. The van der Waals surface area contributed by atoms with E-state index in [0.29, 0.717) is 17.2 Å². The van der Waals surface area contributed by atoms with Gasteiger partial charge in [-0.1, -0.05) is 27.3 Å². The first-order valence-electron chi connectivity index (χ1n) is 7.43. The molecule has 1 saturated heterocycles. The van der Waals surface area contributed by atoms with Crippen LogP contribution in [0.15, 0.2) is 22.7 Å². The van der Waals surface area contributed by atoms with Crippen molar-refractivity contribution >= 4 is 32.4 Å². The molecule has 5 nitrogen and oxygen atoms in total. The molecule has 0 spiro atoms. The van der Waals surface area contributed by atoms with Crippen LogP contribution in [0.4, 0.5) is 9.52 Å². The van der Waals surface area contributed by atoms with Gasteiger partial charge in [-0.3, -0.25) is 0 Å². The normalized spacial score (nSPS) is 18.4. The van der Waals surface area contributed by atoms with Crippen LogP contribution in [-0.2, 0) is 4.74 Å².